The third kappa shape index (κ3) is 5.88. The molecule has 28 heavy (non-hydrogen) atoms. The van der Waals surface area contributed by atoms with E-state index in [9.17, 15) is 10.2 Å². The monoisotopic (exact) mass is 390 g/mol. The van der Waals surface area contributed by atoms with Crippen LogP contribution in [-0.2, 0) is 13.1 Å². The summed E-state index contributed by atoms with van der Waals surface area (Å²) in [4.78, 5) is 8.19. The number of aryl methyl sites for hydroxylation is 2. The highest BCUT2D eigenvalue weighted by atomic mass is 16.3. The van der Waals surface area contributed by atoms with Crippen LogP contribution in [0, 0.1) is 13.8 Å². The summed E-state index contributed by atoms with van der Waals surface area (Å²) in [5, 5.41) is 26.9. The Morgan fingerprint density at radius 2 is 1.64 bits per heavy atom. The van der Waals surface area contributed by atoms with Gasteiger partial charge in [-0.2, -0.15) is 0 Å². The van der Waals surface area contributed by atoms with Gasteiger partial charge in [-0.25, -0.2) is 9.97 Å². The fourth-order valence-electron chi connectivity index (χ4n) is 3.94. The van der Waals surface area contributed by atoms with Crippen LogP contribution in [0.4, 0.5) is 0 Å². The van der Waals surface area contributed by atoms with Crippen molar-refractivity contribution in [1.82, 2.24) is 29.7 Å². The normalized spacial score (nSPS) is 27.9. The van der Waals surface area contributed by atoms with E-state index in [4.69, 9.17) is 0 Å². The van der Waals surface area contributed by atoms with E-state index in [0.29, 0.717) is 26.2 Å². The van der Waals surface area contributed by atoms with Gasteiger partial charge in [0, 0.05) is 31.2 Å². The molecule has 0 saturated carbocycles. The third-order valence-electron chi connectivity index (χ3n) is 5.52. The Bertz CT molecular complexity index is 729. The minimum atomic E-state index is -0.594. The highest BCUT2D eigenvalue weighted by Gasteiger charge is 2.30. The molecule has 156 valence electrons. The molecule has 0 spiro atoms. The van der Waals surface area contributed by atoms with Crippen LogP contribution < -0.4 is 10.6 Å². The average Bonchev–Trinajstić information content (AvgIpc) is 3.24. The van der Waals surface area contributed by atoms with E-state index in [1.54, 1.807) is 12.7 Å². The van der Waals surface area contributed by atoms with E-state index in [1.807, 2.05) is 35.4 Å². The van der Waals surface area contributed by atoms with Gasteiger partial charge in [0.2, 0.25) is 0 Å². The van der Waals surface area contributed by atoms with Crippen LogP contribution in [0.5, 0.6) is 0 Å². The van der Waals surface area contributed by atoms with Crippen LogP contribution >= 0.6 is 0 Å². The molecule has 2 atom stereocenters. The van der Waals surface area contributed by atoms with Gasteiger partial charge in [0.25, 0.3) is 0 Å². The maximum atomic E-state index is 10.3. The smallest absolute Gasteiger partial charge is 0.0950 e. The fraction of sp³-hybridized carbons (Fsp3) is 0.700. The van der Waals surface area contributed by atoms with Crippen molar-refractivity contribution in [2.45, 2.75) is 63.8 Å². The molecule has 2 aromatic rings. The average molecular weight is 391 g/mol. The number of nitrogens with one attached hydrogen (secondary N) is 2. The summed E-state index contributed by atoms with van der Waals surface area (Å²) < 4.78 is 3.97. The molecule has 8 heteroatoms. The SMILES string of the molecule is Cc1cn(CC2(O)CCCNC2)cn1.Cc1cncn1CC1(O)CCCNC1. The summed E-state index contributed by atoms with van der Waals surface area (Å²) in [6, 6.07) is 0. The van der Waals surface area contributed by atoms with Crippen molar-refractivity contribution in [3.63, 3.8) is 0 Å². The largest absolute Gasteiger partial charge is 0.387 e. The summed E-state index contributed by atoms with van der Waals surface area (Å²) in [5.41, 5.74) is 0.913. The quantitative estimate of drug-likeness (QED) is 0.611. The number of β-amino-alcohol motifs (C(OH)–C–C–N with tert-alkyl or cyclic N) is 2. The zero-order valence-electron chi connectivity index (χ0n) is 17.1. The number of nitrogens with zero attached hydrogens (tertiary/aromatic N) is 4. The number of aliphatic hydroxyl groups is 2. The maximum absolute atomic E-state index is 10.3. The molecule has 4 rings (SSSR count). The molecule has 2 aliphatic rings. The first kappa shape index (κ1) is 21.0. The first-order valence-corrected chi connectivity index (χ1v) is 10.2. The van der Waals surface area contributed by atoms with E-state index in [1.165, 1.54) is 0 Å². The van der Waals surface area contributed by atoms with Gasteiger partial charge in [-0.15, -0.1) is 0 Å². The predicted octanol–water partition coefficient (Wildman–Crippen LogP) is 0.612. The van der Waals surface area contributed by atoms with Crippen molar-refractivity contribution in [2.24, 2.45) is 0 Å². The zero-order chi connectivity index (χ0) is 20.0. The Labute approximate surface area is 167 Å². The van der Waals surface area contributed by atoms with Gasteiger partial charge in [0.15, 0.2) is 0 Å². The van der Waals surface area contributed by atoms with Gasteiger partial charge in [-0.3, -0.25) is 0 Å². The molecule has 4 heterocycles. The summed E-state index contributed by atoms with van der Waals surface area (Å²) >= 11 is 0. The van der Waals surface area contributed by atoms with Crippen molar-refractivity contribution >= 4 is 0 Å². The van der Waals surface area contributed by atoms with Crippen molar-refractivity contribution in [3.8, 4) is 0 Å². The van der Waals surface area contributed by atoms with Gasteiger partial charge in [-0.1, -0.05) is 0 Å². The Kier molecular flexibility index (Phi) is 6.87. The first-order valence-electron chi connectivity index (χ1n) is 10.2. The number of piperidine rings is 2. The number of hydrogen-bond donors (Lipinski definition) is 4. The predicted molar refractivity (Wildman–Crippen MR) is 108 cm³/mol. The molecule has 0 bridgehead atoms. The molecule has 2 aromatic heterocycles. The van der Waals surface area contributed by atoms with Gasteiger partial charge >= 0.3 is 0 Å². The molecule has 0 radical (unpaired) electrons. The minimum absolute atomic E-state index is 0.592. The second kappa shape index (κ2) is 9.17. The summed E-state index contributed by atoms with van der Waals surface area (Å²) in [6.07, 6.45) is 11.2. The van der Waals surface area contributed by atoms with E-state index < -0.39 is 11.2 Å². The van der Waals surface area contributed by atoms with Crippen LogP contribution in [0.2, 0.25) is 0 Å². The Balaban J connectivity index is 0.000000161. The molecular weight excluding hydrogens is 356 g/mol. The van der Waals surface area contributed by atoms with Crippen LogP contribution in [0.3, 0.4) is 0 Å². The van der Waals surface area contributed by atoms with Crippen molar-refractivity contribution in [2.75, 3.05) is 26.2 Å². The van der Waals surface area contributed by atoms with Crippen molar-refractivity contribution < 1.29 is 10.2 Å². The van der Waals surface area contributed by atoms with Crippen LogP contribution in [-0.4, -0.2) is 66.7 Å². The lowest BCUT2D eigenvalue weighted by atomic mass is 9.94. The van der Waals surface area contributed by atoms with Crippen LogP contribution in [0.15, 0.2) is 25.0 Å². The lowest BCUT2D eigenvalue weighted by molar-refractivity contribution is 0.0000276. The Morgan fingerprint density at radius 1 is 1.00 bits per heavy atom. The molecule has 2 unspecified atom stereocenters. The van der Waals surface area contributed by atoms with Crippen LogP contribution in [0.25, 0.3) is 0 Å². The fourth-order valence-corrected chi connectivity index (χ4v) is 3.94. The summed E-state index contributed by atoms with van der Waals surface area (Å²) in [7, 11) is 0. The molecule has 0 amide bonds. The highest BCUT2D eigenvalue weighted by molar-refractivity contribution is 4.98. The second-order valence-corrected chi connectivity index (χ2v) is 8.36. The lowest BCUT2D eigenvalue weighted by Crippen LogP contribution is -2.48. The number of hydrogen-bond acceptors (Lipinski definition) is 6. The summed E-state index contributed by atoms with van der Waals surface area (Å²) in [6.45, 7) is 8.66. The van der Waals surface area contributed by atoms with E-state index in [2.05, 4.69) is 20.6 Å². The van der Waals surface area contributed by atoms with Gasteiger partial charge in [0.05, 0.1) is 42.6 Å². The number of imidazole rings is 2. The van der Waals surface area contributed by atoms with Gasteiger partial charge < -0.3 is 30.0 Å². The highest BCUT2D eigenvalue weighted by Crippen LogP contribution is 2.19. The van der Waals surface area contributed by atoms with Crippen LogP contribution in [0.1, 0.15) is 37.1 Å². The first-order chi connectivity index (χ1) is 13.4. The topological polar surface area (TPSA) is 100 Å². The molecule has 2 saturated heterocycles. The molecule has 4 N–H and O–H groups in total. The third-order valence-corrected chi connectivity index (χ3v) is 5.52. The molecule has 2 fully saturated rings. The van der Waals surface area contributed by atoms with Gasteiger partial charge in [0.1, 0.15) is 0 Å². The number of rotatable bonds is 4. The van der Waals surface area contributed by atoms with Crippen molar-refractivity contribution in [3.05, 3.63) is 36.4 Å². The van der Waals surface area contributed by atoms with Gasteiger partial charge in [-0.05, 0) is 52.6 Å². The zero-order valence-corrected chi connectivity index (χ0v) is 17.1. The second-order valence-electron chi connectivity index (χ2n) is 8.36. The lowest BCUT2D eigenvalue weighted by Gasteiger charge is -2.33. The Morgan fingerprint density at radius 3 is 2.11 bits per heavy atom. The number of aromatic nitrogens is 4. The maximum Gasteiger partial charge on any atom is 0.0950 e. The minimum Gasteiger partial charge on any atom is -0.387 e. The molecule has 8 nitrogen and oxygen atoms in total. The molecular formula is C20H34N6O2. The standard InChI is InChI=1S/2C10H17N3O/c1-9-5-13(8-12-9)7-10(14)3-2-4-11-6-10;1-9-5-12-8-13(9)7-10(14)3-2-4-11-6-10/h2*5,8,11,14H,2-4,6-7H2,1H3. The molecule has 0 aliphatic carbocycles. The van der Waals surface area contributed by atoms with E-state index in [-0.39, 0.29) is 0 Å². The Hall–Kier alpha value is -1.74. The van der Waals surface area contributed by atoms with E-state index in [0.717, 1.165) is 50.2 Å². The summed E-state index contributed by atoms with van der Waals surface area (Å²) in [5.74, 6) is 0. The molecule has 0 aromatic carbocycles. The van der Waals surface area contributed by atoms with Crippen molar-refractivity contribution in [1.29, 1.82) is 0 Å². The molecule has 2 aliphatic heterocycles. The van der Waals surface area contributed by atoms with E-state index >= 15 is 0 Å².